The molecular formula is C11H25N5O2. The van der Waals surface area contributed by atoms with E-state index in [9.17, 15) is 9.90 Å². The zero-order valence-corrected chi connectivity index (χ0v) is 11.1. The molecular weight excluding hydrogens is 234 g/mol. The van der Waals surface area contributed by atoms with E-state index in [4.69, 9.17) is 17.2 Å². The van der Waals surface area contributed by atoms with Gasteiger partial charge in [-0.25, -0.2) is 0 Å². The number of nitrogens with one attached hydrogen (secondary N) is 1. The van der Waals surface area contributed by atoms with Crippen LogP contribution < -0.4 is 22.5 Å². The number of carbonyl (C=O) groups is 1. The van der Waals surface area contributed by atoms with Crippen LogP contribution in [0.15, 0.2) is 4.99 Å². The third-order valence-corrected chi connectivity index (χ3v) is 2.80. The minimum atomic E-state index is -0.423. The van der Waals surface area contributed by atoms with Crippen LogP contribution in [0.25, 0.3) is 0 Å². The van der Waals surface area contributed by atoms with Crippen molar-refractivity contribution in [1.29, 1.82) is 0 Å². The first-order chi connectivity index (χ1) is 8.34. The third-order valence-electron chi connectivity index (χ3n) is 2.80. The average Bonchev–Trinajstić information content (AvgIpc) is 2.26. The van der Waals surface area contributed by atoms with Crippen LogP contribution in [0, 0.1) is 5.92 Å². The van der Waals surface area contributed by atoms with Gasteiger partial charge in [0.2, 0.25) is 5.91 Å². The van der Waals surface area contributed by atoms with Crippen molar-refractivity contribution in [3.05, 3.63) is 0 Å². The second-order valence-corrected chi connectivity index (χ2v) is 4.53. The van der Waals surface area contributed by atoms with Crippen LogP contribution in [0.5, 0.6) is 0 Å². The predicted octanol–water partition coefficient (Wildman–Crippen LogP) is -1.50. The Morgan fingerprint density at radius 1 is 1.33 bits per heavy atom. The van der Waals surface area contributed by atoms with Gasteiger partial charge in [-0.05, 0) is 25.7 Å². The van der Waals surface area contributed by atoms with E-state index in [2.05, 4.69) is 10.3 Å². The summed E-state index contributed by atoms with van der Waals surface area (Å²) >= 11 is 0. The third kappa shape index (κ3) is 7.86. The maximum Gasteiger partial charge on any atom is 0.234 e. The number of rotatable bonds is 9. The molecule has 0 saturated heterocycles. The van der Waals surface area contributed by atoms with Gasteiger partial charge in [0.05, 0.1) is 12.1 Å². The lowest BCUT2D eigenvalue weighted by molar-refractivity contribution is -0.120. The highest BCUT2D eigenvalue weighted by atomic mass is 16.3. The first-order valence-corrected chi connectivity index (χ1v) is 6.10. The molecule has 0 aliphatic rings. The number of carbonyl (C=O) groups excluding carboxylic acids is 1. The Balaban J connectivity index is 4.01. The first kappa shape index (κ1) is 16.7. The number of aliphatic hydroxyl groups excluding tert-OH is 1. The van der Waals surface area contributed by atoms with Crippen molar-refractivity contribution >= 4 is 11.9 Å². The number of primary amides is 1. The van der Waals surface area contributed by atoms with E-state index in [-0.39, 0.29) is 11.9 Å². The highest BCUT2D eigenvalue weighted by molar-refractivity contribution is 5.79. The van der Waals surface area contributed by atoms with Gasteiger partial charge in [0.15, 0.2) is 5.96 Å². The average molecular weight is 259 g/mol. The summed E-state index contributed by atoms with van der Waals surface area (Å²) in [4.78, 5) is 15.1. The van der Waals surface area contributed by atoms with Gasteiger partial charge in [0.25, 0.3) is 0 Å². The normalized spacial score (nSPS) is 15.7. The van der Waals surface area contributed by atoms with Crippen LogP contribution in [0.3, 0.4) is 0 Å². The van der Waals surface area contributed by atoms with Crippen molar-refractivity contribution in [2.24, 2.45) is 28.1 Å². The van der Waals surface area contributed by atoms with Crippen molar-refractivity contribution in [2.75, 3.05) is 13.1 Å². The molecule has 0 aliphatic carbocycles. The highest BCUT2D eigenvalue weighted by Gasteiger charge is 2.16. The van der Waals surface area contributed by atoms with Gasteiger partial charge in [-0.15, -0.1) is 0 Å². The van der Waals surface area contributed by atoms with Gasteiger partial charge in [0.1, 0.15) is 0 Å². The number of aliphatic imine (C=N–C) groups is 1. The molecule has 1 amide bonds. The summed E-state index contributed by atoms with van der Waals surface area (Å²) in [5.41, 5.74) is 15.7. The lowest BCUT2D eigenvalue weighted by Crippen LogP contribution is -2.44. The molecule has 8 N–H and O–H groups in total. The fourth-order valence-corrected chi connectivity index (χ4v) is 1.35. The Labute approximate surface area is 108 Å². The Morgan fingerprint density at radius 3 is 2.39 bits per heavy atom. The van der Waals surface area contributed by atoms with Gasteiger partial charge >= 0.3 is 0 Å². The van der Waals surface area contributed by atoms with Crippen LogP contribution in [-0.4, -0.2) is 42.2 Å². The number of hydrogen-bond acceptors (Lipinski definition) is 4. The van der Waals surface area contributed by atoms with Gasteiger partial charge in [-0.3, -0.25) is 9.79 Å². The summed E-state index contributed by atoms with van der Waals surface area (Å²) in [6.07, 6.45) is 0.813. The maximum absolute atomic E-state index is 11.2. The number of aliphatic hydroxyl groups is 1. The molecule has 18 heavy (non-hydrogen) atoms. The largest absolute Gasteiger partial charge is 0.393 e. The zero-order valence-electron chi connectivity index (χ0n) is 11.1. The molecule has 0 saturated carbocycles. The summed E-state index contributed by atoms with van der Waals surface area (Å²) in [5.74, 6) is -0.302. The van der Waals surface area contributed by atoms with Gasteiger partial charge in [-0.2, -0.15) is 0 Å². The molecule has 106 valence electrons. The van der Waals surface area contributed by atoms with Crippen molar-refractivity contribution in [1.82, 2.24) is 5.32 Å². The first-order valence-electron chi connectivity index (χ1n) is 6.10. The molecule has 7 heteroatoms. The van der Waals surface area contributed by atoms with E-state index in [0.29, 0.717) is 25.9 Å². The van der Waals surface area contributed by atoms with E-state index >= 15 is 0 Å². The van der Waals surface area contributed by atoms with E-state index in [1.807, 2.05) is 6.92 Å². The molecule has 0 aromatic heterocycles. The topological polar surface area (TPSA) is 140 Å². The van der Waals surface area contributed by atoms with Crippen LogP contribution in [0.4, 0.5) is 0 Å². The minimum absolute atomic E-state index is 0.0429. The quantitative estimate of drug-likeness (QED) is 0.195. The SMILES string of the molecule is CC(O)C(C)CNC(CCCN=C(N)N)C(N)=O. The van der Waals surface area contributed by atoms with E-state index < -0.39 is 18.1 Å². The van der Waals surface area contributed by atoms with Crippen molar-refractivity contribution in [3.63, 3.8) is 0 Å². The number of hydrogen-bond donors (Lipinski definition) is 5. The summed E-state index contributed by atoms with van der Waals surface area (Å²) < 4.78 is 0. The van der Waals surface area contributed by atoms with Crippen molar-refractivity contribution in [2.45, 2.75) is 38.8 Å². The maximum atomic E-state index is 11.2. The lowest BCUT2D eigenvalue weighted by Gasteiger charge is -2.20. The summed E-state index contributed by atoms with van der Waals surface area (Å²) in [6, 6.07) is -0.416. The second kappa shape index (κ2) is 8.71. The number of amides is 1. The van der Waals surface area contributed by atoms with Gasteiger partial charge in [-0.1, -0.05) is 6.92 Å². The van der Waals surface area contributed by atoms with Gasteiger partial charge < -0.3 is 27.6 Å². The molecule has 3 atom stereocenters. The number of nitrogens with zero attached hydrogens (tertiary/aromatic N) is 1. The predicted molar refractivity (Wildman–Crippen MR) is 71.7 cm³/mol. The molecule has 0 spiro atoms. The Hall–Kier alpha value is -1.34. The van der Waals surface area contributed by atoms with Crippen LogP contribution >= 0.6 is 0 Å². The molecule has 0 aliphatic heterocycles. The number of guanidine groups is 1. The fraction of sp³-hybridized carbons (Fsp3) is 0.818. The molecule has 0 fully saturated rings. The Bertz CT molecular complexity index is 277. The monoisotopic (exact) mass is 259 g/mol. The summed E-state index contributed by atoms with van der Waals surface area (Å²) in [6.45, 7) is 4.62. The van der Waals surface area contributed by atoms with E-state index in [0.717, 1.165) is 0 Å². The molecule has 0 rings (SSSR count). The molecule has 3 unspecified atom stereocenters. The minimum Gasteiger partial charge on any atom is -0.393 e. The Morgan fingerprint density at radius 2 is 1.94 bits per heavy atom. The summed E-state index contributed by atoms with van der Waals surface area (Å²) in [7, 11) is 0. The fourth-order valence-electron chi connectivity index (χ4n) is 1.35. The van der Waals surface area contributed by atoms with Crippen LogP contribution in [0.2, 0.25) is 0 Å². The zero-order chi connectivity index (χ0) is 14.1. The molecule has 0 aromatic carbocycles. The van der Waals surface area contributed by atoms with Crippen molar-refractivity contribution in [3.8, 4) is 0 Å². The summed E-state index contributed by atoms with van der Waals surface area (Å²) in [5, 5.41) is 12.4. The lowest BCUT2D eigenvalue weighted by atomic mass is 10.0. The van der Waals surface area contributed by atoms with Gasteiger partial charge in [0, 0.05) is 13.1 Å². The molecule has 0 radical (unpaired) electrons. The molecule has 0 aromatic rings. The highest BCUT2D eigenvalue weighted by Crippen LogP contribution is 2.03. The Kier molecular flexibility index (Phi) is 8.06. The molecule has 0 heterocycles. The number of nitrogens with two attached hydrogens (primary N) is 3. The molecule has 0 bridgehead atoms. The van der Waals surface area contributed by atoms with E-state index in [1.54, 1.807) is 6.92 Å². The second-order valence-electron chi connectivity index (χ2n) is 4.53. The van der Waals surface area contributed by atoms with E-state index in [1.165, 1.54) is 0 Å². The van der Waals surface area contributed by atoms with Crippen LogP contribution in [0.1, 0.15) is 26.7 Å². The standard InChI is InChI=1S/C11H25N5O2/c1-7(8(2)17)6-16-9(10(12)18)4-3-5-15-11(13)14/h7-9,16-17H,3-6H2,1-2H3,(H2,12,18)(H4,13,14,15). The van der Waals surface area contributed by atoms with Crippen molar-refractivity contribution < 1.29 is 9.90 Å². The van der Waals surface area contributed by atoms with Crippen LogP contribution in [-0.2, 0) is 4.79 Å². The smallest absolute Gasteiger partial charge is 0.234 e. The molecule has 7 nitrogen and oxygen atoms in total.